The van der Waals surface area contributed by atoms with Crippen LogP contribution in [0.4, 0.5) is 11.4 Å². The second kappa shape index (κ2) is 8.26. The number of hydrogen-bond acceptors (Lipinski definition) is 4. The highest BCUT2D eigenvalue weighted by Gasteiger charge is 2.25. The summed E-state index contributed by atoms with van der Waals surface area (Å²) in [4.78, 5) is 34.9. The van der Waals surface area contributed by atoms with Crippen LogP contribution in [0.15, 0.2) is 54.6 Å². The van der Waals surface area contributed by atoms with E-state index in [0.29, 0.717) is 16.9 Å². The Bertz CT molecular complexity index is 786. The van der Waals surface area contributed by atoms with Crippen LogP contribution in [-0.2, 0) is 20.0 Å². The maximum atomic E-state index is 12.0. The van der Waals surface area contributed by atoms with E-state index < -0.39 is 17.4 Å². The largest absolute Gasteiger partial charge is 0.384 e. The number of carbonyl (C=O) groups is 3. The van der Waals surface area contributed by atoms with Crippen molar-refractivity contribution in [1.82, 2.24) is 5.32 Å². The van der Waals surface area contributed by atoms with Gasteiger partial charge in [-0.05, 0) is 36.8 Å². The second-order valence-electron chi connectivity index (χ2n) is 6.04. The fourth-order valence-corrected chi connectivity index (χ4v) is 2.26. The molecule has 0 aliphatic rings. The summed E-state index contributed by atoms with van der Waals surface area (Å²) < 4.78 is 0. The zero-order chi connectivity index (χ0) is 19.2. The quantitative estimate of drug-likeness (QED) is 0.611. The summed E-state index contributed by atoms with van der Waals surface area (Å²) in [5.41, 5.74) is 0.333. The van der Waals surface area contributed by atoms with E-state index in [4.69, 9.17) is 0 Å². The predicted molar refractivity (Wildman–Crippen MR) is 98.4 cm³/mol. The van der Waals surface area contributed by atoms with Gasteiger partial charge in [0.1, 0.15) is 5.60 Å². The molecule has 0 fully saturated rings. The molecule has 0 saturated heterocycles. The molecule has 1 atom stereocenters. The summed E-state index contributed by atoms with van der Waals surface area (Å²) in [6, 6.07) is 15.2. The molecule has 1 unspecified atom stereocenters. The molecule has 7 heteroatoms. The van der Waals surface area contributed by atoms with Gasteiger partial charge in [0.2, 0.25) is 5.91 Å². The summed E-state index contributed by atoms with van der Waals surface area (Å²) in [7, 11) is 0. The highest BCUT2D eigenvalue weighted by atomic mass is 16.3. The third kappa shape index (κ3) is 5.42. The molecule has 26 heavy (non-hydrogen) atoms. The SMILES string of the molecule is CC(=O)Nc1ccc(NC(=O)C(=O)NCC(C)(O)c2ccccc2)cc1. The molecule has 0 aliphatic carbocycles. The van der Waals surface area contributed by atoms with Crippen molar-refractivity contribution in [2.75, 3.05) is 17.2 Å². The van der Waals surface area contributed by atoms with E-state index in [-0.39, 0.29) is 12.5 Å². The molecule has 136 valence electrons. The van der Waals surface area contributed by atoms with E-state index in [1.807, 2.05) is 6.07 Å². The number of hydrogen-bond donors (Lipinski definition) is 4. The van der Waals surface area contributed by atoms with Gasteiger partial charge in [0.25, 0.3) is 0 Å². The minimum atomic E-state index is -1.29. The molecule has 3 amide bonds. The molecule has 0 heterocycles. The number of amides is 3. The van der Waals surface area contributed by atoms with E-state index in [1.54, 1.807) is 55.5 Å². The molecule has 7 nitrogen and oxygen atoms in total. The topological polar surface area (TPSA) is 108 Å². The molecule has 0 saturated carbocycles. The smallest absolute Gasteiger partial charge is 0.313 e. The lowest BCUT2D eigenvalue weighted by molar-refractivity contribution is -0.136. The molecule has 2 aromatic carbocycles. The Hall–Kier alpha value is -3.19. The first-order chi connectivity index (χ1) is 12.3. The Morgan fingerprint density at radius 2 is 1.42 bits per heavy atom. The van der Waals surface area contributed by atoms with Crippen molar-refractivity contribution in [2.45, 2.75) is 19.4 Å². The molecule has 2 aromatic rings. The number of nitrogens with one attached hydrogen (secondary N) is 3. The maximum Gasteiger partial charge on any atom is 0.313 e. The summed E-state index contributed by atoms with van der Waals surface area (Å²) in [6.07, 6.45) is 0. The highest BCUT2D eigenvalue weighted by Crippen LogP contribution is 2.19. The lowest BCUT2D eigenvalue weighted by Gasteiger charge is -2.24. The molecule has 0 aliphatic heterocycles. The minimum Gasteiger partial charge on any atom is -0.384 e. The average molecular weight is 355 g/mol. The van der Waals surface area contributed by atoms with Gasteiger partial charge >= 0.3 is 11.8 Å². The van der Waals surface area contributed by atoms with E-state index in [0.717, 1.165) is 0 Å². The predicted octanol–water partition coefficient (Wildman–Crippen LogP) is 1.61. The Balaban J connectivity index is 1.89. The van der Waals surface area contributed by atoms with Gasteiger partial charge in [0.15, 0.2) is 0 Å². The first-order valence-corrected chi connectivity index (χ1v) is 8.03. The van der Waals surface area contributed by atoms with Crippen molar-refractivity contribution < 1.29 is 19.5 Å². The summed E-state index contributed by atoms with van der Waals surface area (Å²) in [6.45, 7) is 2.84. The van der Waals surface area contributed by atoms with E-state index >= 15 is 0 Å². The van der Waals surface area contributed by atoms with Gasteiger partial charge in [-0.2, -0.15) is 0 Å². The zero-order valence-corrected chi connectivity index (χ0v) is 14.6. The molecular formula is C19H21N3O4. The Morgan fingerprint density at radius 3 is 1.96 bits per heavy atom. The van der Waals surface area contributed by atoms with Gasteiger partial charge in [0, 0.05) is 18.3 Å². The monoisotopic (exact) mass is 355 g/mol. The molecular weight excluding hydrogens is 334 g/mol. The van der Waals surface area contributed by atoms with Gasteiger partial charge < -0.3 is 21.1 Å². The minimum absolute atomic E-state index is 0.106. The molecule has 4 N–H and O–H groups in total. The Kier molecular flexibility index (Phi) is 6.08. The van der Waals surface area contributed by atoms with Crippen LogP contribution in [0.25, 0.3) is 0 Å². The number of carbonyl (C=O) groups excluding carboxylic acids is 3. The fraction of sp³-hybridized carbons (Fsp3) is 0.211. The third-order valence-corrected chi connectivity index (χ3v) is 3.66. The van der Waals surface area contributed by atoms with Crippen LogP contribution in [0, 0.1) is 0 Å². The van der Waals surface area contributed by atoms with Gasteiger partial charge in [-0.3, -0.25) is 14.4 Å². The van der Waals surface area contributed by atoms with Crippen LogP contribution in [0.5, 0.6) is 0 Å². The molecule has 0 bridgehead atoms. The first-order valence-electron chi connectivity index (χ1n) is 8.03. The highest BCUT2D eigenvalue weighted by molar-refractivity contribution is 6.39. The summed E-state index contributed by atoms with van der Waals surface area (Å²) in [5, 5.41) is 17.9. The Labute approximate surface area is 151 Å². The molecule has 2 rings (SSSR count). The van der Waals surface area contributed by atoms with E-state index in [9.17, 15) is 19.5 Å². The van der Waals surface area contributed by atoms with Gasteiger partial charge in [-0.15, -0.1) is 0 Å². The summed E-state index contributed by atoms with van der Waals surface area (Å²) in [5.74, 6) is -1.90. The van der Waals surface area contributed by atoms with Crippen LogP contribution in [0.3, 0.4) is 0 Å². The first kappa shape index (κ1) is 19.1. The third-order valence-electron chi connectivity index (χ3n) is 3.66. The van der Waals surface area contributed by atoms with Crippen LogP contribution in [-0.4, -0.2) is 29.4 Å². The van der Waals surface area contributed by atoms with Gasteiger partial charge in [0.05, 0.1) is 6.54 Å². The van der Waals surface area contributed by atoms with Crippen molar-refractivity contribution in [3.8, 4) is 0 Å². The van der Waals surface area contributed by atoms with Crippen molar-refractivity contribution in [3.05, 3.63) is 60.2 Å². The maximum absolute atomic E-state index is 12.0. The van der Waals surface area contributed by atoms with E-state index in [1.165, 1.54) is 6.92 Å². The zero-order valence-electron chi connectivity index (χ0n) is 14.6. The summed E-state index contributed by atoms with van der Waals surface area (Å²) >= 11 is 0. The standard InChI is InChI=1S/C19H21N3O4/c1-13(23)21-15-8-10-16(11-9-15)22-18(25)17(24)20-12-19(2,26)14-6-4-3-5-7-14/h3-11,26H,12H2,1-2H3,(H,20,24)(H,21,23)(H,22,25). The molecule has 0 spiro atoms. The fourth-order valence-electron chi connectivity index (χ4n) is 2.26. The van der Waals surface area contributed by atoms with Crippen LogP contribution < -0.4 is 16.0 Å². The van der Waals surface area contributed by atoms with Crippen molar-refractivity contribution in [1.29, 1.82) is 0 Å². The van der Waals surface area contributed by atoms with Gasteiger partial charge in [-0.1, -0.05) is 30.3 Å². The Morgan fingerprint density at radius 1 is 0.885 bits per heavy atom. The molecule has 0 aromatic heterocycles. The second-order valence-corrected chi connectivity index (χ2v) is 6.04. The number of rotatable bonds is 5. The number of aliphatic hydroxyl groups is 1. The molecule has 0 radical (unpaired) electrons. The van der Waals surface area contributed by atoms with Crippen LogP contribution >= 0.6 is 0 Å². The van der Waals surface area contributed by atoms with Crippen molar-refractivity contribution >= 4 is 29.1 Å². The van der Waals surface area contributed by atoms with Crippen LogP contribution in [0.2, 0.25) is 0 Å². The average Bonchev–Trinajstić information content (AvgIpc) is 2.61. The lowest BCUT2D eigenvalue weighted by Crippen LogP contribution is -2.43. The van der Waals surface area contributed by atoms with Crippen molar-refractivity contribution in [2.24, 2.45) is 0 Å². The van der Waals surface area contributed by atoms with E-state index in [2.05, 4.69) is 16.0 Å². The van der Waals surface area contributed by atoms with Crippen LogP contribution in [0.1, 0.15) is 19.4 Å². The normalized spacial score (nSPS) is 12.6. The lowest BCUT2D eigenvalue weighted by atomic mass is 9.96. The number of benzene rings is 2. The van der Waals surface area contributed by atoms with Crippen molar-refractivity contribution in [3.63, 3.8) is 0 Å². The number of anilines is 2. The van der Waals surface area contributed by atoms with Gasteiger partial charge in [-0.25, -0.2) is 0 Å².